The molecule has 2 rings (SSSR count). The van der Waals surface area contributed by atoms with E-state index < -0.39 is 14.8 Å². The van der Waals surface area contributed by atoms with Crippen LogP contribution in [0.15, 0.2) is 18.2 Å². The first-order valence-corrected chi connectivity index (χ1v) is 7.20. The fourth-order valence-electron chi connectivity index (χ4n) is 2.05. The van der Waals surface area contributed by atoms with E-state index in [1.54, 1.807) is 26.4 Å². The van der Waals surface area contributed by atoms with Gasteiger partial charge in [-0.2, -0.15) is 0 Å². The highest BCUT2D eigenvalue weighted by atomic mass is 32.2. The second kappa shape index (κ2) is 4.44. The van der Waals surface area contributed by atoms with Gasteiger partial charge in [0.15, 0.2) is 0 Å². The third kappa shape index (κ3) is 2.30. The minimum atomic E-state index is -3.52. The lowest BCUT2D eigenvalue weighted by Crippen LogP contribution is -2.32. The second-order valence-corrected chi connectivity index (χ2v) is 6.54. The first-order chi connectivity index (χ1) is 8.42. The first kappa shape index (κ1) is 13.2. The topological polar surface area (TPSA) is 78.6 Å². The van der Waals surface area contributed by atoms with E-state index in [9.17, 15) is 8.42 Å². The molecule has 1 aromatic rings. The van der Waals surface area contributed by atoms with Gasteiger partial charge in [-0.3, -0.25) is 0 Å². The van der Waals surface area contributed by atoms with E-state index in [4.69, 9.17) is 14.6 Å². The van der Waals surface area contributed by atoms with Gasteiger partial charge in [0.25, 0.3) is 0 Å². The standard InChI is InChI=1S/C12H17NO4S/c1-16-10-4-3-9(11(7-10)17-2)8-12(5-6-12)18(13,14)15/h3-4,7H,5-6,8H2,1-2H3,(H2,13,14,15). The minimum absolute atomic E-state index is 0.388. The molecule has 0 heterocycles. The Kier molecular flexibility index (Phi) is 3.25. The van der Waals surface area contributed by atoms with Crippen LogP contribution in [0.4, 0.5) is 0 Å². The maximum Gasteiger partial charge on any atom is 0.215 e. The summed E-state index contributed by atoms with van der Waals surface area (Å²) in [6.07, 6.45) is 1.61. The molecule has 1 aromatic carbocycles. The molecule has 0 amide bonds. The van der Waals surface area contributed by atoms with E-state index in [0.29, 0.717) is 30.8 Å². The van der Waals surface area contributed by atoms with Crippen molar-refractivity contribution in [3.05, 3.63) is 23.8 Å². The summed E-state index contributed by atoms with van der Waals surface area (Å²) in [5.74, 6) is 1.31. The Morgan fingerprint density at radius 3 is 2.39 bits per heavy atom. The van der Waals surface area contributed by atoms with Crippen LogP contribution in [-0.2, 0) is 16.4 Å². The first-order valence-electron chi connectivity index (χ1n) is 5.65. The molecule has 1 saturated carbocycles. The average Bonchev–Trinajstić information content (AvgIpc) is 3.10. The second-order valence-electron chi connectivity index (χ2n) is 4.58. The lowest BCUT2D eigenvalue weighted by Gasteiger charge is -2.15. The van der Waals surface area contributed by atoms with Crippen molar-refractivity contribution in [3.63, 3.8) is 0 Å². The molecule has 1 aliphatic carbocycles. The van der Waals surface area contributed by atoms with Gasteiger partial charge in [-0.25, -0.2) is 13.6 Å². The average molecular weight is 271 g/mol. The summed E-state index contributed by atoms with van der Waals surface area (Å²) in [5, 5.41) is 5.28. The molecular formula is C12H17NO4S. The summed E-state index contributed by atoms with van der Waals surface area (Å²) in [4.78, 5) is 0. The molecule has 5 nitrogen and oxygen atoms in total. The molecule has 0 atom stereocenters. The fraction of sp³-hybridized carbons (Fsp3) is 0.500. The zero-order chi connectivity index (χ0) is 13.4. The van der Waals surface area contributed by atoms with Crippen molar-refractivity contribution in [2.45, 2.75) is 24.0 Å². The Morgan fingerprint density at radius 2 is 1.94 bits per heavy atom. The van der Waals surface area contributed by atoms with Crippen LogP contribution in [0.25, 0.3) is 0 Å². The predicted molar refractivity (Wildman–Crippen MR) is 68.3 cm³/mol. The van der Waals surface area contributed by atoms with E-state index in [1.165, 1.54) is 0 Å². The zero-order valence-corrected chi connectivity index (χ0v) is 11.3. The Hall–Kier alpha value is -1.27. The molecule has 0 aromatic heterocycles. The van der Waals surface area contributed by atoms with Gasteiger partial charge in [0.2, 0.25) is 10.0 Å². The Balaban J connectivity index is 2.30. The van der Waals surface area contributed by atoms with Crippen LogP contribution in [0.2, 0.25) is 0 Å². The number of primary sulfonamides is 1. The summed E-state index contributed by atoms with van der Waals surface area (Å²) < 4.78 is 32.7. The summed E-state index contributed by atoms with van der Waals surface area (Å²) in [6.45, 7) is 0. The molecule has 0 spiro atoms. The van der Waals surface area contributed by atoms with E-state index in [-0.39, 0.29) is 0 Å². The maximum atomic E-state index is 11.6. The predicted octanol–water partition coefficient (Wildman–Crippen LogP) is 1.07. The number of rotatable bonds is 5. The van der Waals surface area contributed by atoms with Crippen molar-refractivity contribution in [2.24, 2.45) is 5.14 Å². The number of methoxy groups -OCH3 is 2. The number of benzene rings is 1. The van der Waals surface area contributed by atoms with Gasteiger partial charge in [-0.05, 0) is 30.9 Å². The summed E-state index contributed by atoms with van der Waals surface area (Å²) in [7, 11) is -0.396. The summed E-state index contributed by atoms with van der Waals surface area (Å²) in [6, 6.07) is 5.36. The van der Waals surface area contributed by atoms with Gasteiger partial charge in [0.05, 0.1) is 19.0 Å². The quantitative estimate of drug-likeness (QED) is 0.868. The van der Waals surface area contributed by atoms with E-state index in [0.717, 1.165) is 5.56 Å². The molecule has 1 aliphatic rings. The number of ether oxygens (including phenoxy) is 2. The Morgan fingerprint density at radius 1 is 1.28 bits per heavy atom. The van der Waals surface area contributed by atoms with Gasteiger partial charge in [-0.15, -0.1) is 0 Å². The van der Waals surface area contributed by atoms with Crippen LogP contribution in [0.3, 0.4) is 0 Å². The molecule has 100 valence electrons. The van der Waals surface area contributed by atoms with Gasteiger partial charge in [0.1, 0.15) is 11.5 Å². The van der Waals surface area contributed by atoms with Gasteiger partial charge >= 0.3 is 0 Å². The van der Waals surface area contributed by atoms with E-state index >= 15 is 0 Å². The molecule has 18 heavy (non-hydrogen) atoms. The highest BCUT2D eigenvalue weighted by Gasteiger charge is 2.53. The number of hydrogen-bond donors (Lipinski definition) is 1. The van der Waals surface area contributed by atoms with E-state index in [2.05, 4.69) is 0 Å². The lowest BCUT2D eigenvalue weighted by atomic mass is 10.1. The van der Waals surface area contributed by atoms with E-state index in [1.807, 2.05) is 6.07 Å². The zero-order valence-electron chi connectivity index (χ0n) is 10.5. The monoisotopic (exact) mass is 271 g/mol. The van der Waals surface area contributed by atoms with Crippen LogP contribution < -0.4 is 14.6 Å². The van der Waals surface area contributed by atoms with Crippen molar-refractivity contribution < 1.29 is 17.9 Å². The number of hydrogen-bond acceptors (Lipinski definition) is 4. The molecule has 0 radical (unpaired) electrons. The smallest absolute Gasteiger partial charge is 0.215 e. The Bertz CT molecular complexity index is 549. The van der Waals surface area contributed by atoms with Crippen LogP contribution in [0, 0.1) is 0 Å². The molecule has 2 N–H and O–H groups in total. The Labute approximate surface area is 107 Å². The van der Waals surface area contributed by atoms with Crippen molar-refractivity contribution >= 4 is 10.0 Å². The van der Waals surface area contributed by atoms with Crippen LogP contribution in [0.1, 0.15) is 18.4 Å². The van der Waals surface area contributed by atoms with Crippen LogP contribution >= 0.6 is 0 Å². The SMILES string of the molecule is COc1ccc(CC2(S(N)(=O)=O)CC2)c(OC)c1. The normalized spacial score (nSPS) is 17.3. The van der Waals surface area contributed by atoms with Crippen molar-refractivity contribution in [3.8, 4) is 11.5 Å². The molecular weight excluding hydrogens is 254 g/mol. The van der Waals surface area contributed by atoms with Crippen molar-refractivity contribution in [1.82, 2.24) is 0 Å². The summed E-state index contributed by atoms with van der Waals surface area (Å²) >= 11 is 0. The minimum Gasteiger partial charge on any atom is -0.497 e. The molecule has 0 unspecified atom stereocenters. The van der Waals surface area contributed by atoms with Crippen molar-refractivity contribution in [1.29, 1.82) is 0 Å². The molecule has 0 bridgehead atoms. The molecule has 6 heteroatoms. The lowest BCUT2D eigenvalue weighted by molar-refractivity contribution is 0.390. The van der Waals surface area contributed by atoms with Crippen molar-refractivity contribution in [2.75, 3.05) is 14.2 Å². The van der Waals surface area contributed by atoms with Crippen LogP contribution in [0.5, 0.6) is 11.5 Å². The highest BCUT2D eigenvalue weighted by Crippen LogP contribution is 2.46. The third-order valence-electron chi connectivity index (χ3n) is 3.42. The fourth-order valence-corrected chi connectivity index (χ4v) is 3.07. The largest absolute Gasteiger partial charge is 0.497 e. The maximum absolute atomic E-state index is 11.6. The third-order valence-corrected chi connectivity index (χ3v) is 5.18. The van der Waals surface area contributed by atoms with Gasteiger partial charge < -0.3 is 9.47 Å². The molecule has 1 fully saturated rings. The number of nitrogens with two attached hydrogens (primary N) is 1. The molecule has 0 saturated heterocycles. The van der Waals surface area contributed by atoms with Gasteiger partial charge in [-0.1, -0.05) is 6.07 Å². The van der Waals surface area contributed by atoms with Gasteiger partial charge in [0, 0.05) is 6.07 Å². The number of sulfonamides is 1. The molecule has 0 aliphatic heterocycles. The van der Waals surface area contributed by atoms with Crippen LogP contribution in [-0.4, -0.2) is 27.4 Å². The summed E-state index contributed by atoms with van der Waals surface area (Å²) in [5.41, 5.74) is 0.838. The highest BCUT2D eigenvalue weighted by molar-refractivity contribution is 7.90.